The Labute approximate surface area is 162 Å². The van der Waals surface area contributed by atoms with Crippen LogP contribution in [0.1, 0.15) is 16.8 Å². The molecule has 1 aliphatic heterocycles. The molecule has 0 N–H and O–H groups in total. The number of nitrogens with zero attached hydrogens (tertiary/aromatic N) is 3. The summed E-state index contributed by atoms with van der Waals surface area (Å²) in [5.74, 6) is -5.86. The van der Waals surface area contributed by atoms with Crippen molar-refractivity contribution in [2.45, 2.75) is 19.4 Å². The van der Waals surface area contributed by atoms with Crippen molar-refractivity contribution < 1.29 is 22.7 Å². The number of alkyl halides is 2. The number of fused-ring (bicyclic) bond motifs is 1. The van der Waals surface area contributed by atoms with Crippen molar-refractivity contribution in [1.82, 2.24) is 9.78 Å². The minimum atomic E-state index is -3.58. The van der Waals surface area contributed by atoms with Crippen LogP contribution in [0.5, 0.6) is 0 Å². The van der Waals surface area contributed by atoms with Gasteiger partial charge in [0, 0.05) is 21.5 Å². The Bertz CT molecular complexity index is 1120. The number of benzene rings is 2. The molecule has 0 amide bonds. The van der Waals surface area contributed by atoms with Gasteiger partial charge in [-0.2, -0.15) is 13.9 Å². The summed E-state index contributed by atoms with van der Waals surface area (Å²) in [5.41, 5.74) is 0.773. The van der Waals surface area contributed by atoms with Gasteiger partial charge in [0.05, 0.1) is 17.8 Å². The quantitative estimate of drug-likeness (QED) is 0.608. The number of esters is 1. The number of cyclic esters (lactones) is 1. The second-order valence-electron chi connectivity index (χ2n) is 6.35. The van der Waals surface area contributed by atoms with Crippen LogP contribution in [-0.2, 0) is 22.0 Å². The zero-order valence-corrected chi connectivity index (χ0v) is 15.3. The van der Waals surface area contributed by atoms with Gasteiger partial charge >= 0.3 is 11.9 Å². The van der Waals surface area contributed by atoms with Gasteiger partial charge in [-0.3, -0.25) is 4.68 Å². The minimum Gasteiger partial charge on any atom is -0.403 e. The highest BCUT2D eigenvalue weighted by Gasteiger charge is 2.44. The maximum atomic E-state index is 14.7. The van der Waals surface area contributed by atoms with Crippen molar-refractivity contribution in [2.75, 3.05) is 6.54 Å². The van der Waals surface area contributed by atoms with E-state index < -0.39 is 35.7 Å². The lowest BCUT2D eigenvalue weighted by molar-refractivity contribution is -0.133. The second-order valence-corrected chi connectivity index (χ2v) is 6.75. The third-order valence-electron chi connectivity index (χ3n) is 4.50. The Hall–Kier alpha value is -2.87. The minimum absolute atomic E-state index is 0.0270. The van der Waals surface area contributed by atoms with E-state index in [4.69, 9.17) is 11.6 Å². The van der Waals surface area contributed by atoms with Gasteiger partial charge in [0.2, 0.25) is 0 Å². The van der Waals surface area contributed by atoms with E-state index in [1.54, 1.807) is 13.0 Å². The second kappa shape index (κ2) is 6.63. The number of carbonyl (C=O) groups is 1. The molecule has 144 valence electrons. The van der Waals surface area contributed by atoms with Crippen molar-refractivity contribution in [3.05, 3.63) is 64.1 Å². The molecule has 9 heteroatoms. The number of aliphatic imine (C=N–C) groups is 1. The van der Waals surface area contributed by atoms with Crippen molar-refractivity contribution in [3.8, 4) is 0 Å². The SMILES string of the molecule is Cc1nn(Cc2c(F)cccc2Cl)c2cc(C(F)(F)C3=NCC(=O)O3)ccc12. The van der Waals surface area contributed by atoms with E-state index in [0.717, 1.165) is 0 Å². The number of aromatic nitrogens is 2. The maximum absolute atomic E-state index is 14.7. The number of carbonyl (C=O) groups excluding carboxylic acids is 1. The molecule has 28 heavy (non-hydrogen) atoms. The highest BCUT2D eigenvalue weighted by molar-refractivity contribution is 6.31. The first kappa shape index (κ1) is 18.5. The Balaban J connectivity index is 1.79. The first-order chi connectivity index (χ1) is 13.3. The zero-order valence-electron chi connectivity index (χ0n) is 14.5. The van der Waals surface area contributed by atoms with E-state index in [1.165, 1.54) is 35.0 Å². The Kier molecular flexibility index (Phi) is 4.38. The molecule has 0 spiro atoms. The summed E-state index contributed by atoms with van der Waals surface area (Å²) in [4.78, 5) is 14.6. The normalized spacial score (nSPS) is 14.5. The van der Waals surface area contributed by atoms with Crippen molar-refractivity contribution >= 4 is 34.4 Å². The van der Waals surface area contributed by atoms with Crippen LogP contribution in [0, 0.1) is 12.7 Å². The van der Waals surface area contributed by atoms with E-state index in [9.17, 15) is 18.0 Å². The average molecular weight is 408 g/mol. The zero-order chi connectivity index (χ0) is 20.1. The Morgan fingerprint density at radius 2 is 2.07 bits per heavy atom. The van der Waals surface area contributed by atoms with E-state index >= 15 is 0 Å². The topological polar surface area (TPSA) is 56.5 Å². The standard InChI is InChI=1S/C19H13ClF3N3O2/c1-10-12-6-5-11(19(22,23)18-24-8-17(27)28-18)7-16(12)26(25-10)9-13-14(20)3-2-4-15(13)21/h2-7H,8-9H2,1H3. The van der Waals surface area contributed by atoms with Crippen LogP contribution in [0.2, 0.25) is 5.02 Å². The molecule has 1 aliphatic rings. The molecule has 0 aliphatic carbocycles. The molecule has 0 bridgehead atoms. The summed E-state index contributed by atoms with van der Waals surface area (Å²) < 4.78 is 49.6. The molecule has 0 atom stereocenters. The van der Waals surface area contributed by atoms with Crippen molar-refractivity contribution in [2.24, 2.45) is 4.99 Å². The van der Waals surface area contributed by atoms with E-state index in [1.807, 2.05) is 0 Å². The summed E-state index contributed by atoms with van der Waals surface area (Å²) >= 11 is 6.08. The summed E-state index contributed by atoms with van der Waals surface area (Å²) in [6.07, 6.45) is 0. The molecule has 0 saturated carbocycles. The van der Waals surface area contributed by atoms with Crippen LogP contribution in [0.3, 0.4) is 0 Å². The number of aryl methyl sites for hydroxylation is 1. The molecule has 2 heterocycles. The predicted octanol–water partition coefficient (Wildman–Crippen LogP) is 4.23. The van der Waals surface area contributed by atoms with Gasteiger partial charge in [-0.25, -0.2) is 14.2 Å². The van der Waals surface area contributed by atoms with Gasteiger partial charge in [0.25, 0.3) is 5.90 Å². The fourth-order valence-electron chi connectivity index (χ4n) is 3.08. The molecule has 2 aromatic carbocycles. The molecule has 0 fully saturated rings. The molecule has 1 aromatic heterocycles. The van der Waals surface area contributed by atoms with Crippen molar-refractivity contribution in [1.29, 1.82) is 0 Å². The lowest BCUT2D eigenvalue weighted by Crippen LogP contribution is -2.27. The van der Waals surface area contributed by atoms with E-state index in [-0.39, 0.29) is 17.1 Å². The van der Waals surface area contributed by atoms with Gasteiger partial charge in [-0.1, -0.05) is 29.8 Å². The maximum Gasteiger partial charge on any atom is 0.347 e. The smallest absolute Gasteiger partial charge is 0.347 e. The highest BCUT2D eigenvalue weighted by Crippen LogP contribution is 2.34. The lowest BCUT2D eigenvalue weighted by Gasteiger charge is -2.16. The Morgan fingerprint density at radius 3 is 2.75 bits per heavy atom. The number of hydrogen-bond donors (Lipinski definition) is 0. The molecular weight excluding hydrogens is 395 g/mol. The lowest BCUT2D eigenvalue weighted by atomic mass is 10.1. The summed E-state index contributed by atoms with van der Waals surface area (Å²) in [6.45, 7) is 1.26. The molecule has 0 saturated heterocycles. The third-order valence-corrected chi connectivity index (χ3v) is 4.85. The number of ether oxygens (including phenoxy) is 1. The molecule has 0 radical (unpaired) electrons. The summed E-state index contributed by atoms with van der Waals surface area (Å²) in [6, 6.07) is 8.26. The molecule has 0 unspecified atom stereocenters. The molecule has 5 nitrogen and oxygen atoms in total. The fraction of sp³-hybridized carbons (Fsp3) is 0.211. The van der Waals surface area contributed by atoms with Gasteiger partial charge in [-0.05, 0) is 25.1 Å². The number of halogens is 4. The molecule has 3 aromatic rings. The monoisotopic (exact) mass is 407 g/mol. The predicted molar refractivity (Wildman–Crippen MR) is 97.3 cm³/mol. The molecule has 4 rings (SSSR count). The van der Waals surface area contributed by atoms with Crippen LogP contribution in [0.15, 0.2) is 41.4 Å². The highest BCUT2D eigenvalue weighted by atomic mass is 35.5. The summed E-state index contributed by atoms with van der Waals surface area (Å²) in [7, 11) is 0. The van der Waals surface area contributed by atoms with Crippen molar-refractivity contribution in [3.63, 3.8) is 0 Å². The average Bonchev–Trinajstić information content (AvgIpc) is 3.22. The molecular formula is C19H13ClF3N3O2. The fourth-order valence-corrected chi connectivity index (χ4v) is 3.31. The van der Waals surface area contributed by atoms with Gasteiger partial charge in [0.15, 0.2) is 0 Å². The van der Waals surface area contributed by atoms with E-state index in [0.29, 0.717) is 16.6 Å². The van der Waals surface area contributed by atoms with Crippen LogP contribution in [0.25, 0.3) is 10.9 Å². The van der Waals surface area contributed by atoms with Gasteiger partial charge in [-0.15, -0.1) is 0 Å². The van der Waals surface area contributed by atoms with Crippen LogP contribution in [0.4, 0.5) is 13.2 Å². The third kappa shape index (κ3) is 3.03. The van der Waals surface area contributed by atoms with Gasteiger partial charge < -0.3 is 4.74 Å². The van der Waals surface area contributed by atoms with Crippen LogP contribution in [-0.4, -0.2) is 28.2 Å². The van der Waals surface area contributed by atoms with Crippen LogP contribution < -0.4 is 0 Å². The summed E-state index contributed by atoms with van der Waals surface area (Å²) in [5, 5.41) is 5.18. The first-order valence-corrected chi connectivity index (χ1v) is 8.69. The van der Waals surface area contributed by atoms with Crippen LogP contribution >= 0.6 is 11.6 Å². The first-order valence-electron chi connectivity index (χ1n) is 8.31. The Morgan fingerprint density at radius 1 is 1.29 bits per heavy atom. The number of hydrogen-bond acceptors (Lipinski definition) is 4. The van der Waals surface area contributed by atoms with E-state index in [2.05, 4.69) is 14.8 Å². The largest absolute Gasteiger partial charge is 0.403 e. The van der Waals surface area contributed by atoms with Gasteiger partial charge in [0.1, 0.15) is 12.4 Å². The number of rotatable bonds is 4.